The quantitative estimate of drug-likeness (QED) is 0.647. The summed E-state index contributed by atoms with van der Waals surface area (Å²) < 4.78 is 3.36. The van der Waals surface area contributed by atoms with E-state index in [-0.39, 0.29) is 0 Å². The summed E-state index contributed by atoms with van der Waals surface area (Å²) in [6.45, 7) is 2.12. The zero-order valence-electron chi connectivity index (χ0n) is 7.13. The molecular formula is C10H10BrN. The molecule has 0 bridgehead atoms. The molecule has 12 heavy (non-hydrogen) atoms. The molecule has 2 aromatic rings. The Morgan fingerprint density at radius 3 is 2.75 bits per heavy atom. The summed E-state index contributed by atoms with van der Waals surface area (Å²) in [5.74, 6) is 0. The zero-order chi connectivity index (χ0) is 8.72. The second-order valence-corrected chi connectivity index (χ2v) is 3.88. The number of hydrogen-bond acceptors (Lipinski definition) is 0. The Morgan fingerprint density at radius 1 is 1.33 bits per heavy atom. The summed E-state index contributed by atoms with van der Waals surface area (Å²) in [5.41, 5.74) is 2.56. The van der Waals surface area contributed by atoms with E-state index in [4.69, 9.17) is 0 Å². The number of hydrogen-bond donors (Lipinski definition) is 0. The third-order valence-electron chi connectivity index (χ3n) is 2.25. The largest absolute Gasteiger partial charge is 0.347 e. The number of nitrogens with zero attached hydrogens (tertiary/aromatic N) is 1. The lowest BCUT2D eigenvalue weighted by Crippen LogP contribution is -1.89. The number of aryl methyl sites for hydroxylation is 2. The molecule has 0 N–H and O–H groups in total. The third kappa shape index (κ3) is 0.985. The minimum Gasteiger partial charge on any atom is -0.347 e. The van der Waals surface area contributed by atoms with Gasteiger partial charge in [0.1, 0.15) is 0 Å². The van der Waals surface area contributed by atoms with E-state index in [1.807, 2.05) is 0 Å². The Labute approximate surface area is 80.1 Å². The van der Waals surface area contributed by atoms with Gasteiger partial charge in [-0.25, -0.2) is 0 Å². The van der Waals surface area contributed by atoms with Gasteiger partial charge in [-0.2, -0.15) is 0 Å². The topological polar surface area (TPSA) is 4.93 Å². The van der Waals surface area contributed by atoms with Gasteiger partial charge in [-0.05, 0) is 35.0 Å². The number of benzene rings is 1. The highest BCUT2D eigenvalue weighted by Gasteiger charge is 2.03. The van der Waals surface area contributed by atoms with Crippen LogP contribution in [0.5, 0.6) is 0 Å². The van der Waals surface area contributed by atoms with Crippen molar-refractivity contribution in [1.82, 2.24) is 4.57 Å². The highest BCUT2D eigenvalue weighted by atomic mass is 79.9. The number of fused-ring (bicyclic) bond motifs is 1. The molecule has 1 nitrogen and oxygen atoms in total. The van der Waals surface area contributed by atoms with Gasteiger partial charge in [0.2, 0.25) is 0 Å². The van der Waals surface area contributed by atoms with E-state index >= 15 is 0 Å². The molecule has 0 saturated carbocycles. The Bertz CT molecular complexity index is 429. The van der Waals surface area contributed by atoms with E-state index in [1.165, 1.54) is 16.6 Å². The van der Waals surface area contributed by atoms with Crippen molar-refractivity contribution in [2.75, 3.05) is 0 Å². The minimum atomic E-state index is 1.16. The zero-order valence-corrected chi connectivity index (χ0v) is 8.72. The second-order valence-electron chi connectivity index (χ2n) is 3.02. The van der Waals surface area contributed by atoms with Crippen LogP contribution in [-0.2, 0) is 7.05 Å². The maximum Gasteiger partial charge on any atom is 0.0624 e. The van der Waals surface area contributed by atoms with E-state index in [1.54, 1.807) is 0 Å². The lowest BCUT2D eigenvalue weighted by molar-refractivity contribution is 0.916. The average molecular weight is 224 g/mol. The standard InChI is InChI=1S/C10H10BrN/c1-7-6-8-4-3-5-9(11)10(8)12(7)2/h3-6H,1-2H3. The summed E-state index contributed by atoms with van der Waals surface area (Å²) in [5, 5.41) is 1.30. The van der Waals surface area contributed by atoms with Crippen molar-refractivity contribution in [2.24, 2.45) is 7.05 Å². The van der Waals surface area contributed by atoms with Gasteiger partial charge in [0, 0.05) is 22.6 Å². The van der Waals surface area contributed by atoms with Crippen LogP contribution in [0.2, 0.25) is 0 Å². The molecule has 0 aliphatic rings. The highest BCUT2D eigenvalue weighted by molar-refractivity contribution is 9.10. The van der Waals surface area contributed by atoms with Crippen LogP contribution in [0.4, 0.5) is 0 Å². The summed E-state index contributed by atoms with van der Waals surface area (Å²) in [4.78, 5) is 0. The Hall–Kier alpha value is -0.760. The van der Waals surface area contributed by atoms with E-state index in [0.717, 1.165) is 4.47 Å². The maximum atomic E-state index is 3.54. The molecule has 0 spiro atoms. The van der Waals surface area contributed by atoms with Crippen molar-refractivity contribution in [2.45, 2.75) is 6.92 Å². The maximum absolute atomic E-state index is 3.54. The summed E-state index contributed by atoms with van der Waals surface area (Å²) in [6.07, 6.45) is 0. The van der Waals surface area contributed by atoms with Crippen molar-refractivity contribution in [1.29, 1.82) is 0 Å². The Kier molecular flexibility index (Phi) is 1.72. The first-order valence-electron chi connectivity index (χ1n) is 3.90. The Morgan fingerprint density at radius 2 is 2.08 bits per heavy atom. The molecule has 0 aliphatic carbocycles. The van der Waals surface area contributed by atoms with Gasteiger partial charge >= 0.3 is 0 Å². The smallest absolute Gasteiger partial charge is 0.0624 e. The molecule has 0 saturated heterocycles. The van der Waals surface area contributed by atoms with Crippen LogP contribution in [-0.4, -0.2) is 4.57 Å². The molecule has 2 rings (SSSR count). The van der Waals surface area contributed by atoms with Crippen LogP contribution in [0.15, 0.2) is 28.7 Å². The lowest BCUT2D eigenvalue weighted by Gasteiger charge is -2.00. The van der Waals surface area contributed by atoms with Gasteiger partial charge in [0.15, 0.2) is 0 Å². The van der Waals surface area contributed by atoms with Crippen LogP contribution in [0.1, 0.15) is 5.69 Å². The van der Waals surface area contributed by atoms with Crippen LogP contribution in [0.3, 0.4) is 0 Å². The van der Waals surface area contributed by atoms with E-state index in [9.17, 15) is 0 Å². The van der Waals surface area contributed by atoms with Crippen LogP contribution >= 0.6 is 15.9 Å². The van der Waals surface area contributed by atoms with Crippen molar-refractivity contribution in [3.63, 3.8) is 0 Å². The molecule has 62 valence electrons. The first-order valence-corrected chi connectivity index (χ1v) is 4.70. The molecular weight excluding hydrogens is 214 g/mol. The predicted molar refractivity (Wildman–Crippen MR) is 55.4 cm³/mol. The second kappa shape index (κ2) is 2.63. The van der Waals surface area contributed by atoms with Crippen molar-refractivity contribution >= 4 is 26.8 Å². The molecule has 0 atom stereocenters. The van der Waals surface area contributed by atoms with E-state index < -0.39 is 0 Å². The molecule has 1 heterocycles. The first kappa shape index (κ1) is 7.87. The number of rotatable bonds is 0. The third-order valence-corrected chi connectivity index (χ3v) is 2.89. The highest BCUT2D eigenvalue weighted by Crippen LogP contribution is 2.25. The molecule has 0 amide bonds. The normalized spacial score (nSPS) is 10.9. The van der Waals surface area contributed by atoms with Gasteiger partial charge in [0.05, 0.1) is 5.52 Å². The first-order chi connectivity index (χ1) is 5.70. The van der Waals surface area contributed by atoms with Crippen LogP contribution in [0.25, 0.3) is 10.9 Å². The van der Waals surface area contributed by atoms with Gasteiger partial charge in [0.25, 0.3) is 0 Å². The SMILES string of the molecule is Cc1cc2cccc(Br)c2n1C. The molecule has 0 radical (unpaired) electrons. The predicted octanol–water partition coefficient (Wildman–Crippen LogP) is 3.25. The fraction of sp³-hybridized carbons (Fsp3) is 0.200. The molecule has 1 aromatic carbocycles. The average Bonchev–Trinajstić information content (AvgIpc) is 2.29. The molecule has 0 aliphatic heterocycles. The molecule has 1 aromatic heterocycles. The van der Waals surface area contributed by atoms with E-state index in [2.05, 4.69) is 58.7 Å². The van der Waals surface area contributed by atoms with Gasteiger partial charge in [-0.15, -0.1) is 0 Å². The molecule has 0 unspecified atom stereocenters. The number of aromatic nitrogens is 1. The minimum absolute atomic E-state index is 1.16. The fourth-order valence-corrected chi connectivity index (χ4v) is 2.15. The fourth-order valence-electron chi connectivity index (χ4n) is 1.50. The molecule has 2 heteroatoms. The number of halogens is 1. The number of para-hydroxylation sites is 1. The van der Waals surface area contributed by atoms with Crippen LogP contribution in [0, 0.1) is 6.92 Å². The summed E-state index contributed by atoms with van der Waals surface area (Å²) in [7, 11) is 2.09. The lowest BCUT2D eigenvalue weighted by atomic mass is 10.2. The summed E-state index contributed by atoms with van der Waals surface area (Å²) >= 11 is 3.54. The Balaban J connectivity index is 2.97. The van der Waals surface area contributed by atoms with Gasteiger partial charge < -0.3 is 4.57 Å². The monoisotopic (exact) mass is 223 g/mol. The van der Waals surface area contributed by atoms with Gasteiger partial charge in [-0.3, -0.25) is 0 Å². The van der Waals surface area contributed by atoms with Crippen molar-refractivity contribution in [3.05, 3.63) is 34.4 Å². The van der Waals surface area contributed by atoms with Crippen molar-refractivity contribution < 1.29 is 0 Å². The molecule has 0 fully saturated rings. The van der Waals surface area contributed by atoms with Crippen LogP contribution < -0.4 is 0 Å². The van der Waals surface area contributed by atoms with Crippen molar-refractivity contribution in [3.8, 4) is 0 Å². The van der Waals surface area contributed by atoms with E-state index in [0.29, 0.717) is 0 Å². The van der Waals surface area contributed by atoms with Gasteiger partial charge in [-0.1, -0.05) is 12.1 Å². The summed E-state index contributed by atoms with van der Waals surface area (Å²) in [6, 6.07) is 8.46.